The molecule has 0 aliphatic carbocycles. The third kappa shape index (κ3) is 7.51. The summed E-state index contributed by atoms with van der Waals surface area (Å²) in [5.41, 5.74) is 1.44. The van der Waals surface area contributed by atoms with Crippen LogP contribution in [0.4, 0.5) is 0 Å². The fourth-order valence-corrected chi connectivity index (χ4v) is 1.42. The van der Waals surface area contributed by atoms with E-state index >= 15 is 0 Å². The first-order chi connectivity index (χ1) is 6.81. The molecule has 0 fully saturated rings. The van der Waals surface area contributed by atoms with Crippen LogP contribution in [0.5, 0.6) is 0 Å². The van der Waals surface area contributed by atoms with Crippen molar-refractivity contribution >= 4 is 20.3 Å². The second-order valence-electron chi connectivity index (χ2n) is 3.35. The molecule has 0 saturated carbocycles. The Morgan fingerprint density at radius 1 is 1.12 bits per heavy atom. The number of hydrogen-bond donors (Lipinski definition) is 0. The third-order valence-electron chi connectivity index (χ3n) is 2.09. The molecule has 91 valence electrons. The summed E-state index contributed by atoms with van der Waals surface area (Å²) < 4.78 is 0. The van der Waals surface area contributed by atoms with Crippen molar-refractivity contribution in [2.24, 2.45) is 0 Å². The first-order valence-electron chi connectivity index (χ1n) is 5.04. The largest absolute Gasteiger partial charge is 3.00 e. The molecule has 0 nitrogen and oxygen atoms in total. The molecule has 0 unspecified atom stereocenters. The summed E-state index contributed by atoms with van der Waals surface area (Å²) in [5, 5.41) is 2.73. The molecule has 0 aliphatic heterocycles. The Hall–Kier alpha value is 0.510. The van der Waals surface area contributed by atoms with Crippen LogP contribution < -0.4 is 24.8 Å². The van der Waals surface area contributed by atoms with E-state index in [0.29, 0.717) is 0 Å². The van der Waals surface area contributed by atoms with Gasteiger partial charge >= 0.3 is 26.2 Å². The monoisotopic (exact) mass is 361 g/mol. The Kier molecular flexibility index (Phi) is 17.3. The van der Waals surface area contributed by atoms with E-state index in [9.17, 15) is 0 Å². The van der Waals surface area contributed by atoms with Gasteiger partial charge in [0.25, 0.3) is 0 Å². The number of fused-ring (bicyclic) bond motifs is 1. The fourth-order valence-electron chi connectivity index (χ4n) is 1.42. The Labute approximate surface area is 139 Å². The van der Waals surface area contributed by atoms with Crippen molar-refractivity contribution < 1.29 is 51.0 Å². The second kappa shape index (κ2) is 13.0. The van der Waals surface area contributed by atoms with Crippen LogP contribution in [0.1, 0.15) is 12.5 Å². The van der Waals surface area contributed by atoms with Crippen LogP contribution in [0.25, 0.3) is 10.8 Å². The van der Waals surface area contributed by atoms with Crippen LogP contribution in [0.3, 0.4) is 0 Å². The number of benzene rings is 1. The van der Waals surface area contributed by atoms with Crippen LogP contribution in [0.15, 0.2) is 36.4 Å². The predicted molar refractivity (Wildman–Crippen MR) is 66.4 cm³/mol. The average molecular weight is 363 g/mol. The van der Waals surface area contributed by atoms with Crippen LogP contribution in [0.2, 0.25) is 13.1 Å². The summed E-state index contributed by atoms with van der Waals surface area (Å²) in [6, 6.07) is 13.0. The Morgan fingerprint density at radius 3 is 2.12 bits per heavy atom. The van der Waals surface area contributed by atoms with Gasteiger partial charge in [0.15, 0.2) is 0 Å². The van der Waals surface area contributed by atoms with Crippen LogP contribution >= 0.6 is 0 Å². The van der Waals surface area contributed by atoms with E-state index in [1.165, 1.54) is 16.3 Å². The molecular formula is C13H17Cl2SiZr. The fraction of sp³-hybridized carbons (Fsp3) is 0.308. The number of hydrogen-bond acceptors (Lipinski definition) is 0. The van der Waals surface area contributed by atoms with Crippen molar-refractivity contribution in [3.8, 4) is 0 Å². The van der Waals surface area contributed by atoms with Crippen molar-refractivity contribution in [2.75, 3.05) is 0 Å². The van der Waals surface area contributed by atoms with Crippen molar-refractivity contribution in [3.63, 3.8) is 0 Å². The third-order valence-corrected chi connectivity index (χ3v) is 2.09. The van der Waals surface area contributed by atoms with E-state index in [4.69, 9.17) is 0 Å². The zero-order valence-electron chi connectivity index (χ0n) is 10.4. The van der Waals surface area contributed by atoms with Crippen LogP contribution in [0, 0.1) is 0 Å². The van der Waals surface area contributed by atoms with Crippen LogP contribution in [-0.2, 0) is 32.6 Å². The minimum Gasteiger partial charge on any atom is -1.00 e. The molecule has 0 amide bonds. The molecule has 0 atom stereocenters. The molecular weight excluding hydrogens is 346 g/mol. The molecule has 4 heteroatoms. The van der Waals surface area contributed by atoms with Gasteiger partial charge in [-0.25, -0.2) is 0 Å². The van der Waals surface area contributed by atoms with Gasteiger partial charge in [-0.1, -0.05) is 26.1 Å². The summed E-state index contributed by atoms with van der Waals surface area (Å²) in [7, 11) is 1.08. The summed E-state index contributed by atoms with van der Waals surface area (Å²) in [6.07, 6.45) is 1.13. The molecule has 17 heavy (non-hydrogen) atoms. The minimum atomic E-state index is 0. The van der Waals surface area contributed by atoms with Gasteiger partial charge < -0.3 is 24.8 Å². The topological polar surface area (TPSA) is 0 Å². The molecule has 0 aliphatic rings. The van der Waals surface area contributed by atoms with E-state index in [-0.39, 0.29) is 51.0 Å². The number of rotatable bonds is 1. The zero-order valence-corrected chi connectivity index (χ0v) is 15.4. The van der Waals surface area contributed by atoms with Gasteiger partial charge in [0.1, 0.15) is 0 Å². The zero-order chi connectivity index (χ0) is 10.4. The summed E-state index contributed by atoms with van der Waals surface area (Å²) in [5.74, 6) is 0. The van der Waals surface area contributed by atoms with Gasteiger partial charge in [-0.3, -0.25) is 0 Å². The molecule has 3 radical (unpaired) electrons. The molecule has 0 heterocycles. The first kappa shape index (κ1) is 22.7. The molecule has 0 aromatic heterocycles. The van der Waals surface area contributed by atoms with Gasteiger partial charge in [0.05, 0.1) is 0 Å². The van der Waals surface area contributed by atoms with E-state index in [1.807, 2.05) is 0 Å². The molecule has 2 rings (SSSR count). The normalized spacial score (nSPS) is 7.94. The summed E-state index contributed by atoms with van der Waals surface area (Å²) in [6.45, 7) is 6.49. The van der Waals surface area contributed by atoms with E-state index in [0.717, 1.165) is 15.9 Å². The van der Waals surface area contributed by atoms with Crippen LogP contribution in [-0.4, -0.2) is 9.52 Å². The van der Waals surface area contributed by atoms with Gasteiger partial charge in [0, 0.05) is 9.52 Å². The second-order valence-corrected chi connectivity index (χ2v) is 4.35. The number of aryl methyl sites for hydroxylation is 1. The smallest absolute Gasteiger partial charge is 1.00 e. The molecule has 0 N–H and O–H groups in total. The van der Waals surface area contributed by atoms with Crippen molar-refractivity contribution in [3.05, 3.63) is 42.0 Å². The Morgan fingerprint density at radius 2 is 1.65 bits per heavy atom. The van der Waals surface area contributed by atoms with Gasteiger partial charge in [-0.05, 0) is 6.42 Å². The Balaban J connectivity index is -0.000000300. The van der Waals surface area contributed by atoms with E-state index < -0.39 is 0 Å². The molecule has 0 spiro atoms. The summed E-state index contributed by atoms with van der Waals surface area (Å²) >= 11 is 0. The van der Waals surface area contributed by atoms with E-state index in [1.54, 1.807) is 0 Å². The molecule has 2 aromatic carbocycles. The van der Waals surface area contributed by atoms with Gasteiger partial charge in [-0.2, -0.15) is 6.07 Å². The van der Waals surface area contributed by atoms with Crippen molar-refractivity contribution in [1.82, 2.24) is 0 Å². The number of halogens is 2. The van der Waals surface area contributed by atoms with Gasteiger partial charge in [0.2, 0.25) is 0 Å². The maximum atomic E-state index is 2.26. The Bertz CT molecular complexity index is 355. The molecule has 2 aromatic rings. The maximum Gasteiger partial charge on any atom is 3.00 e. The van der Waals surface area contributed by atoms with Crippen molar-refractivity contribution in [1.29, 1.82) is 0 Å². The standard InChI is InChI=1S/C11H11.C2H6Si.2ClH.Zr/c1-2-9-7-10-5-3-4-6-11(10)8-9;1-3-2;;;/h3-8H,2H2,1H3;1-2H3;2*1H;/q-1;;;;+3/p-2. The molecule has 0 bridgehead atoms. The quantitative estimate of drug-likeness (QED) is 0.403. The first-order valence-corrected chi connectivity index (χ1v) is 7.04. The SMILES string of the molecule is CCc1cc2ccccc2[cH-]1.C[Si]C.[Cl-].[Cl-].[Zr+3]. The minimum absolute atomic E-state index is 0. The molecule has 0 saturated heterocycles. The average Bonchev–Trinajstić information content (AvgIpc) is 2.61. The van der Waals surface area contributed by atoms with E-state index in [2.05, 4.69) is 56.4 Å². The predicted octanol–water partition coefficient (Wildman–Crippen LogP) is -2.09. The summed E-state index contributed by atoms with van der Waals surface area (Å²) in [4.78, 5) is 0. The van der Waals surface area contributed by atoms with Gasteiger partial charge in [-0.15, -0.1) is 40.6 Å². The van der Waals surface area contributed by atoms with Crippen molar-refractivity contribution in [2.45, 2.75) is 26.4 Å². The maximum absolute atomic E-state index is 2.26.